The second kappa shape index (κ2) is 11.2. The Morgan fingerprint density at radius 3 is 2.42 bits per heavy atom. The van der Waals surface area contributed by atoms with Gasteiger partial charge in [0.25, 0.3) is 0 Å². The maximum Gasteiger partial charge on any atom is 0.328 e. The van der Waals surface area contributed by atoms with Crippen molar-refractivity contribution < 1.29 is 14.6 Å². The second-order valence-corrected chi connectivity index (χ2v) is 7.66. The summed E-state index contributed by atoms with van der Waals surface area (Å²) >= 11 is 6.66. The first-order valence-corrected chi connectivity index (χ1v) is 10.8. The van der Waals surface area contributed by atoms with Gasteiger partial charge in [0, 0.05) is 6.08 Å². The number of hydrogen-bond donors (Lipinski definition) is 2. The third kappa shape index (κ3) is 5.90. The first-order chi connectivity index (χ1) is 16.0. The minimum Gasteiger partial charge on any atom is -0.497 e. The molecule has 33 heavy (non-hydrogen) atoms. The second-order valence-electron chi connectivity index (χ2n) is 7.25. The van der Waals surface area contributed by atoms with E-state index < -0.39 is 5.97 Å². The molecule has 0 radical (unpaired) electrons. The Morgan fingerprint density at radius 1 is 1.06 bits per heavy atom. The van der Waals surface area contributed by atoms with Crippen molar-refractivity contribution in [3.05, 3.63) is 106 Å². The molecule has 3 rings (SSSR count). The number of methoxy groups -OCH3 is 1. The lowest BCUT2D eigenvalue weighted by molar-refractivity contribution is -0.131. The number of benzene rings is 3. The van der Waals surface area contributed by atoms with Crippen molar-refractivity contribution in [2.45, 2.75) is 13.3 Å². The summed E-state index contributed by atoms with van der Waals surface area (Å²) in [5.41, 5.74) is 6.65. The molecule has 0 bridgehead atoms. The molecule has 0 aliphatic carbocycles. The Balaban J connectivity index is 2.24. The van der Waals surface area contributed by atoms with Gasteiger partial charge in [-0.15, -0.1) is 0 Å². The summed E-state index contributed by atoms with van der Waals surface area (Å²) in [6.45, 7) is 2.09. The molecule has 0 aromatic heterocycles. The summed E-state index contributed by atoms with van der Waals surface area (Å²) in [6.07, 6.45) is 5.02. The van der Waals surface area contributed by atoms with Crippen molar-refractivity contribution >= 4 is 41.0 Å². The van der Waals surface area contributed by atoms with E-state index in [9.17, 15) is 4.79 Å². The Bertz CT molecular complexity index is 1230. The third-order valence-corrected chi connectivity index (χ3v) is 5.49. The average Bonchev–Trinajstić information content (AvgIpc) is 2.82. The summed E-state index contributed by atoms with van der Waals surface area (Å²) in [4.78, 5) is 10.8. The molecule has 0 amide bonds. The highest BCUT2D eigenvalue weighted by Gasteiger charge is 2.16. The van der Waals surface area contributed by atoms with E-state index >= 15 is 0 Å². The lowest BCUT2D eigenvalue weighted by Gasteiger charge is -2.18. The van der Waals surface area contributed by atoms with Crippen LogP contribution in [0, 0.1) is 0 Å². The van der Waals surface area contributed by atoms with Gasteiger partial charge in [0.1, 0.15) is 5.75 Å². The number of hydrogen-bond acceptors (Lipinski definition) is 4. The molecule has 168 valence electrons. The summed E-state index contributed by atoms with van der Waals surface area (Å²) in [6, 6.07) is 21.4. The largest absolute Gasteiger partial charge is 0.497 e. The number of carboxylic acids is 1. The number of allylic oxidation sites excluding steroid dienone is 1. The highest BCUT2D eigenvalue weighted by molar-refractivity contribution is 6.33. The van der Waals surface area contributed by atoms with E-state index in [2.05, 4.69) is 12.0 Å². The normalized spacial score (nSPS) is 12.2. The van der Waals surface area contributed by atoms with Crippen LogP contribution in [-0.4, -0.2) is 24.4 Å². The van der Waals surface area contributed by atoms with E-state index in [0.717, 1.165) is 51.5 Å². The molecular formula is C27H25ClN2O3. The first-order valence-electron chi connectivity index (χ1n) is 10.4. The van der Waals surface area contributed by atoms with Crippen LogP contribution >= 0.6 is 11.6 Å². The molecule has 3 aromatic rings. The molecule has 0 aliphatic rings. The molecule has 0 aliphatic heterocycles. The highest BCUT2D eigenvalue weighted by Crippen LogP contribution is 2.38. The van der Waals surface area contributed by atoms with Crippen LogP contribution in [0.25, 0.3) is 17.2 Å². The lowest BCUT2D eigenvalue weighted by Crippen LogP contribution is -1.98. The maximum atomic E-state index is 10.8. The predicted molar refractivity (Wildman–Crippen MR) is 136 cm³/mol. The molecule has 5 nitrogen and oxygen atoms in total. The van der Waals surface area contributed by atoms with Gasteiger partial charge >= 0.3 is 5.97 Å². The van der Waals surface area contributed by atoms with E-state index in [0.29, 0.717) is 10.8 Å². The molecule has 0 spiro atoms. The number of carboxylic acid groups (broad SMARTS) is 1. The van der Waals surface area contributed by atoms with E-state index in [1.54, 1.807) is 19.4 Å². The molecule has 3 N–H and O–H groups in total. The van der Waals surface area contributed by atoms with Crippen molar-refractivity contribution in [2.75, 3.05) is 7.11 Å². The van der Waals surface area contributed by atoms with Crippen molar-refractivity contribution in [1.29, 1.82) is 0 Å². The molecule has 0 fully saturated rings. The van der Waals surface area contributed by atoms with Crippen molar-refractivity contribution in [3.63, 3.8) is 0 Å². The van der Waals surface area contributed by atoms with Gasteiger partial charge in [0.2, 0.25) is 0 Å². The fourth-order valence-corrected chi connectivity index (χ4v) is 3.96. The van der Waals surface area contributed by atoms with Crippen molar-refractivity contribution in [2.24, 2.45) is 10.9 Å². The molecule has 0 saturated carbocycles. The Labute approximate surface area is 198 Å². The molecular weight excluding hydrogens is 436 g/mol. The van der Waals surface area contributed by atoms with E-state index in [1.807, 2.05) is 66.7 Å². The summed E-state index contributed by atoms with van der Waals surface area (Å²) in [5.74, 6) is 5.07. The number of halogens is 1. The number of ether oxygens (including phenoxy) is 1. The number of nitrogens with two attached hydrogens (primary N) is 1. The monoisotopic (exact) mass is 460 g/mol. The van der Waals surface area contributed by atoms with Gasteiger partial charge < -0.3 is 15.7 Å². The molecule has 0 saturated heterocycles. The highest BCUT2D eigenvalue weighted by atomic mass is 35.5. The van der Waals surface area contributed by atoms with Crippen molar-refractivity contribution in [1.82, 2.24) is 0 Å². The van der Waals surface area contributed by atoms with Gasteiger partial charge in [0.05, 0.1) is 18.3 Å². The number of nitrogens with zero attached hydrogens (tertiary/aromatic N) is 1. The standard InChI is InChI=1S/C27H25ClN2O3/c1-3-23(24-13-12-22(33-2)16-25(24)28)27(21-6-4-5-19(15-21)17-30-29)20-10-7-18(8-11-20)9-14-26(31)32/h4-17H,3,29H2,1-2H3,(H,31,32)/b14-9+,27-23+,30-17-. The smallest absolute Gasteiger partial charge is 0.328 e. The van der Waals surface area contributed by atoms with Crippen molar-refractivity contribution in [3.8, 4) is 5.75 Å². The minimum absolute atomic E-state index is 0.601. The van der Waals surface area contributed by atoms with E-state index in [1.165, 1.54) is 0 Å². The fraction of sp³-hybridized carbons (Fsp3) is 0.111. The molecule has 3 aromatic carbocycles. The summed E-state index contributed by atoms with van der Waals surface area (Å²) < 4.78 is 5.31. The minimum atomic E-state index is -0.986. The zero-order chi connectivity index (χ0) is 23.8. The van der Waals surface area contributed by atoms with Crippen LogP contribution in [0.1, 0.15) is 41.2 Å². The van der Waals surface area contributed by atoms with Crippen LogP contribution in [-0.2, 0) is 4.79 Å². The number of rotatable bonds is 8. The van der Waals surface area contributed by atoms with Gasteiger partial charge in [-0.25, -0.2) is 4.79 Å². The number of hydrazone groups is 1. The predicted octanol–water partition coefficient (Wildman–Crippen LogP) is 6.11. The van der Waals surface area contributed by atoms with E-state index in [4.69, 9.17) is 27.3 Å². The van der Waals surface area contributed by atoms with Crippen LogP contribution in [0.4, 0.5) is 0 Å². The first kappa shape index (κ1) is 23.8. The topological polar surface area (TPSA) is 84.9 Å². The van der Waals surface area contributed by atoms with Crippen LogP contribution in [0.15, 0.2) is 77.9 Å². The van der Waals surface area contributed by atoms with Gasteiger partial charge in [-0.1, -0.05) is 61.0 Å². The zero-order valence-electron chi connectivity index (χ0n) is 18.5. The lowest BCUT2D eigenvalue weighted by atomic mass is 9.87. The van der Waals surface area contributed by atoms with Crippen LogP contribution < -0.4 is 10.6 Å². The number of carbonyl (C=O) groups is 1. The quantitative estimate of drug-likeness (QED) is 0.140. The molecule has 6 heteroatoms. The summed E-state index contributed by atoms with van der Waals surface area (Å²) in [5, 5.41) is 13.1. The van der Waals surface area contributed by atoms with Gasteiger partial charge in [-0.3, -0.25) is 0 Å². The summed E-state index contributed by atoms with van der Waals surface area (Å²) in [7, 11) is 1.61. The Kier molecular flexibility index (Phi) is 8.06. The maximum absolute atomic E-state index is 10.8. The van der Waals surface area contributed by atoms with Crippen LogP contribution in [0.3, 0.4) is 0 Å². The van der Waals surface area contributed by atoms with E-state index in [-0.39, 0.29) is 0 Å². The van der Waals surface area contributed by atoms with Gasteiger partial charge in [-0.2, -0.15) is 5.10 Å². The number of aliphatic carboxylic acids is 1. The van der Waals surface area contributed by atoms with Gasteiger partial charge in [-0.05, 0) is 75.7 Å². The van der Waals surface area contributed by atoms with Crippen LogP contribution in [0.2, 0.25) is 5.02 Å². The molecule has 0 unspecified atom stereocenters. The third-order valence-electron chi connectivity index (χ3n) is 5.17. The zero-order valence-corrected chi connectivity index (χ0v) is 19.2. The Morgan fingerprint density at radius 2 is 1.82 bits per heavy atom. The van der Waals surface area contributed by atoms with Gasteiger partial charge in [0.15, 0.2) is 0 Å². The Hall–Kier alpha value is -3.83. The molecule has 0 atom stereocenters. The average molecular weight is 461 g/mol. The molecule has 0 heterocycles. The van der Waals surface area contributed by atoms with Crippen LogP contribution in [0.5, 0.6) is 5.75 Å². The fourth-order valence-electron chi connectivity index (χ4n) is 3.67. The SMILES string of the molecule is CC/C(=C(/c1ccc(/C=C/C(=O)O)cc1)c1cccc(/C=N\N)c1)c1ccc(OC)cc1Cl.